The summed E-state index contributed by atoms with van der Waals surface area (Å²) < 4.78 is 5.21. The van der Waals surface area contributed by atoms with Gasteiger partial charge in [-0.15, -0.1) is 0 Å². The molecule has 2 aromatic carbocycles. The zero-order valence-corrected chi connectivity index (χ0v) is 16.4. The molecule has 152 valence electrons. The van der Waals surface area contributed by atoms with Crippen LogP contribution >= 0.6 is 0 Å². The third kappa shape index (κ3) is 3.69. The number of nitrogens with one attached hydrogen (secondary N) is 2. The summed E-state index contributed by atoms with van der Waals surface area (Å²) in [5.74, 6) is 0.0602. The number of hydrogen-bond donors (Lipinski definition) is 2. The van der Waals surface area contributed by atoms with E-state index >= 15 is 0 Å². The average Bonchev–Trinajstić information content (AvgIpc) is 3.36. The molecule has 30 heavy (non-hydrogen) atoms. The molecule has 0 spiro atoms. The van der Waals surface area contributed by atoms with E-state index in [2.05, 4.69) is 10.6 Å². The van der Waals surface area contributed by atoms with Crippen molar-refractivity contribution in [1.29, 1.82) is 0 Å². The van der Waals surface area contributed by atoms with Crippen molar-refractivity contribution in [2.45, 2.75) is 25.6 Å². The lowest BCUT2D eigenvalue weighted by Gasteiger charge is -2.22. The molecule has 0 aliphatic carbocycles. The van der Waals surface area contributed by atoms with Crippen molar-refractivity contribution in [3.8, 4) is 0 Å². The van der Waals surface area contributed by atoms with Crippen LogP contribution in [-0.2, 0) is 23.4 Å². The normalized spacial score (nSPS) is 18.4. The van der Waals surface area contributed by atoms with Gasteiger partial charge in [0.1, 0.15) is 11.3 Å². The van der Waals surface area contributed by atoms with Crippen molar-refractivity contribution >= 4 is 17.8 Å². The number of benzene rings is 2. The summed E-state index contributed by atoms with van der Waals surface area (Å²) in [6.07, 6.45) is 1.55. The second-order valence-electron chi connectivity index (χ2n) is 7.27. The minimum absolute atomic E-state index is 0.0758. The van der Waals surface area contributed by atoms with Crippen molar-refractivity contribution in [3.05, 3.63) is 95.4 Å². The monoisotopic (exact) mass is 403 g/mol. The lowest BCUT2D eigenvalue weighted by atomic mass is 9.92. The molecule has 1 aliphatic heterocycles. The van der Waals surface area contributed by atoms with Gasteiger partial charge >= 0.3 is 6.03 Å². The van der Waals surface area contributed by atoms with Crippen molar-refractivity contribution in [1.82, 2.24) is 15.5 Å². The number of carbonyl (C=O) groups is 3. The molecule has 2 N–H and O–H groups in total. The van der Waals surface area contributed by atoms with Crippen LogP contribution in [0.5, 0.6) is 0 Å². The van der Waals surface area contributed by atoms with Gasteiger partial charge in [0.15, 0.2) is 0 Å². The molecule has 0 saturated carbocycles. The third-order valence-electron chi connectivity index (χ3n) is 5.16. The molecule has 0 bridgehead atoms. The maximum atomic E-state index is 13.0. The van der Waals surface area contributed by atoms with Crippen molar-refractivity contribution in [2.75, 3.05) is 0 Å². The number of furan rings is 1. The molecule has 1 unspecified atom stereocenters. The van der Waals surface area contributed by atoms with Gasteiger partial charge in [0.25, 0.3) is 11.8 Å². The Balaban J connectivity index is 1.48. The molecule has 3 aromatic rings. The molecular weight excluding hydrogens is 382 g/mol. The summed E-state index contributed by atoms with van der Waals surface area (Å²) >= 11 is 0. The highest BCUT2D eigenvalue weighted by Gasteiger charge is 2.48. The first kappa shape index (κ1) is 19.4. The molecule has 1 saturated heterocycles. The first-order valence-electron chi connectivity index (χ1n) is 9.56. The zero-order valence-electron chi connectivity index (χ0n) is 16.4. The van der Waals surface area contributed by atoms with Gasteiger partial charge in [-0.05, 0) is 42.3 Å². The van der Waals surface area contributed by atoms with Crippen molar-refractivity contribution in [2.24, 2.45) is 0 Å². The quantitative estimate of drug-likeness (QED) is 0.619. The Hall–Kier alpha value is -3.87. The van der Waals surface area contributed by atoms with E-state index in [9.17, 15) is 14.4 Å². The smallest absolute Gasteiger partial charge is 0.325 e. The fourth-order valence-electron chi connectivity index (χ4n) is 3.48. The fraction of sp³-hybridized carbons (Fsp3) is 0.174. The largest absolute Gasteiger partial charge is 0.467 e. The molecule has 1 aliphatic rings. The molecule has 1 fully saturated rings. The van der Waals surface area contributed by atoms with Crippen LogP contribution in [0.2, 0.25) is 0 Å². The molecule has 7 heteroatoms. The van der Waals surface area contributed by atoms with Gasteiger partial charge < -0.3 is 15.1 Å². The minimum Gasteiger partial charge on any atom is -0.467 e. The van der Waals surface area contributed by atoms with Crippen LogP contribution in [0.4, 0.5) is 4.79 Å². The van der Waals surface area contributed by atoms with E-state index in [4.69, 9.17) is 4.42 Å². The van der Waals surface area contributed by atoms with Crippen molar-refractivity contribution in [3.63, 3.8) is 0 Å². The summed E-state index contributed by atoms with van der Waals surface area (Å²) in [6, 6.07) is 19.1. The molecule has 1 aromatic heterocycles. The predicted octanol–water partition coefficient (Wildman–Crippen LogP) is 3.18. The van der Waals surface area contributed by atoms with Crippen LogP contribution in [0.25, 0.3) is 0 Å². The third-order valence-corrected chi connectivity index (χ3v) is 5.16. The van der Waals surface area contributed by atoms with E-state index < -0.39 is 11.6 Å². The number of urea groups is 1. The van der Waals surface area contributed by atoms with Gasteiger partial charge in [-0.2, -0.15) is 0 Å². The Morgan fingerprint density at radius 3 is 2.60 bits per heavy atom. The first-order chi connectivity index (χ1) is 14.5. The molecule has 4 amide bonds. The maximum Gasteiger partial charge on any atom is 0.325 e. The Labute approximate surface area is 173 Å². The molecule has 1 atom stereocenters. The highest BCUT2D eigenvalue weighted by atomic mass is 16.3. The summed E-state index contributed by atoms with van der Waals surface area (Å²) in [4.78, 5) is 39.2. The number of carbonyl (C=O) groups excluding carboxylic acids is 3. The second-order valence-corrected chi connectivity index (χ2v) is 7.27. The number of imide groups is 1. The molecule has 7 nitrogen and oxygen atoms in total. The molecule has 2 heterocycles. The Bertz CT molecular complexity index is 1080. The average molecular weight is 403 g/mol. The lowest BCUT2D eigenvalue weighted by molar-refractivity contribution is -0.131. The van der Waals surface area contributed by atoms with E-state index in [-0.39, 0.29) is 24.9 Å². The van der Waals surface area contributed by atoms with Crippen LogP contribution in [-0.4, -0.2) is 22.7 Å². The second kappa shape index (κ2) is 7.87. The van der Waals surface area contributed by atoms with Crippen molar-refractivity contribution < 1.29 is 18.8 Å². The highest BCUT2D eigenvalue weighted by Crippen LogP contribution is 2.29. The summed E-state index contributed by atoms with van der Waals surface area (Å²) in [7, 11) is 0. The Morgan fingerprint density at radius 1 is 1.07 bits per heavy atom. The molecule has 0 radical (unpaired) electrons. The SMILES string of the molecule is CC1(c2ccccc2)NC(=O)N(Cc2cccc(C(=O)NCc3ccco3)c2)C1=O. The van der Waals surface area contributed by atoms with Crippen LogP contribution in [0.15, 0.2) is 77.4 Å². The number of amides is 4. The van der Waals surface area contributed by atoms with E-state index in [1.807, 2.05) is 30.3 Å². The van der Waals surface area contributed by atoms with Gasteiger partial charge in [0, 0.05) is 5.56 Å². The fourth-order valence-corrected chi connectivity index (χ4v) is 3.48. The number of hydrogen-bond acceptors (Lipinski definition) is 4. The summed E-state index contributed by atoms with van der Waals surface area (Å²) in [5.41, 5.74) is 0.728. The van der Waals surface area contributed by atoms with Crippen LogP contribution in [0.3, 0.4) is 0 Å². The molecule has 4 rings (SSSR count). The van der Waals surface area contributed by atoms with Gasteiger partial charge in [0.05, 0.1) is 19.4 Å². The van der Waals surface area contributed by atoms with E-state index in [1.54, 1.807) is 49.6 Å². The summed E-state index contributed by atoms with van der Waals surface area (Å²) in [6.45, 7) is 2.05. The predicted molar refractivity (Wildman–Crippen MR) is 109 cm³/mol. The Morgan fingerprint density at radius 2 is 1.87 bits per heavy atom. The van der Waals surface area contributed by atoms with Crippen LogP contribution in [0.1, 0.15) is 34.2 Å². The number of rotatable bonds is 6. The van der Waals surface area contributed by atoms with E-state index in [0.717, 1.165) is 5.56 Å². The van der Waals surface area contributed by atoms with Crippen LogP contribution in [0, 0.1) is 0 Å². The van der Waals surface area contributed by atoms with Gasteiger partial charge in [-0.1, -0.05) is 42.5 Å². The molecular formula is C23H21N3O4. The summed E-state index contributed by atoms with van der Waals surface area (Å²) in [5, 5.41) is 5.57. The maximum absolute atomic E-state index is 13.0. The van der Waals surface area contributed by atoms with Gasteiger partial charge in [-0.3, -0.25) is 14.5 Å². The number of nitrogens with zero attached hydrogens (tertiary/aromatic N) is 1. The van der Waals surface area contributed by atoms with Gasteiger partial charge in [0.2, 0.25) is 0 Å². The Kier molecular flexibility index (Phi) is 5.10. The highest BCUT2D eigenvalue weighted by molar-refractivity contribution is 6.07. The van der Waals surface area contributed by atoms with Gasteiger partial charge in [-0.25, -0.2) is 4.79 Å². The van der Waals surface area contributed by atoms with E-state index in [0.29, 0.717) is 16.9 Å². The minimum atomic E-state index is -1.11. The topological polar surface area (TPSA) is 91.7 Å². The lowest BCUT2D eigenvalue weighted by Crippen LogP contribution is -2.40. The zero-order chi connectivity index (χ0) is 21.1. The standard InChI is InChI=1S/C23H21N3O4/c1-23(18-9-3-2-4-10-18)21(28)26(22(29)25-23)15-16-7-5-8-17(13-16)20(27)24-14-19-11-6-12-30-19/h2-13H,14-15H2,1H3,(H,24,27)(H,25,29). The first-order valence-corrected chi connectivity index (χ1v) is 9.56. The van der Waals surface area contributed by atoms with E-state index in [1.165, 1.54) is 4.90 Å². The van der Waals surface area contributed by atoms with Crippen LogP contribution < -0.4 is 10.6 Å².